The minimum atomic E-state index is -0.613. The Hall–Kier alpha value is -3.01. The Labute approximate surface area is 219 Å². The highest BCUT2D eigenvalue weighted by Crippen LogP contribution is 2.37. The van der Waals surface area contributed by atoms with E-state index in [1.807, 2.05) is 12.1 Å². The summed E-state index contributed by atoms with van der Waals surface area (Å²) in [6.45, 7) is 4.81. The molecule has 8 nitrogen and oxygen atoms in total. The fourth-order valence-electron chi connectivity index (χ4n) is 6.33. The fraction of sp³-hybridized carbons (Fsp3) is 0.464. The number of ether oxygens (including phenoxy) is 2. The van der Waals surface area contributed by atoms with E-state index in [2.05, 4.69) is 41.4 Å². The van der Waals surface area contributed by atoms with Crippen LogP contribution in [0.1, 0.15) is 59.3 Å². The Kier molecular flexibility index (Phi) is 6.38. The second-order valence-corrected chi connectivity index (χ2v) is 12.3. The number of nitrogens with zero attached hydrogens (tertiary/aromatic N) is 2. The van der Waals surface area contributed by atoms with E-state index in [-0.39, 0.29) is 23.3 Å². The predicted molar refractivity (Wildman–Crippen MR) is 140 cm³/mol. The molecular formula is C28H33N3O5Si. The van der Waals surface area contributed by atoms with Crippen LogP contribution in [0.3, 0.4) is 0 Å². The summed E-state index contributed by atoms with van der Waals surface area (Å²) in [6.07, 6.45) is 2.48. The second-order valence-electron chi connectivity index (χ2n) is 10.8. The number of morpholine rings is 1. The molecule has 9 heteroatoms. The molecule has 2 aromatic carbocycles. The zero-order chi connectivity index (χ0) is 25.7. The van der Waals surface area contributed by atoms with Gasteiger partial charge in [-0.25, -0.2) is 0 Å². The van der Waals surface area contributed by atoms with E-state index in [1.54, 1.807) is 11.0 Å². The maximum Gasteiger partial charge on any atom is 0.255 e. The molecule has 0 radical (unpaired) electrons. The molecule has 5 atom stereocenters. The van der Waals surface area contributed by atoms with E-state index in [4.69, 9.17) is 9.47 Å². The molecule has 2 bridgehead atoms. The summed E-state index contributed by atoms with van der Waals surface area (Å²) in [4.78, 5) is 42.1. The first-order chi connectivity index (χ1) is 17.9. The van der Waals surface area contributed by atoms with E-state index in [0.717, 1.165) is 40.9 Å². The molecule has 3 fully saturated rings. The molecular weight excluding hydrogens is 486 g/mol. The Bertz CT molecular complexity index is 1230. The SMILES string of the molecule is CC(c1ccc(COc2cccc3c2CN([C@@H]2C(=O)NC(=O)CCC2[SiH3])C3=O)cc1)N1CC2CC1CO2. The monoisotopic (exact) mass is 519 g/mol. The van der Waals surface area contributed by atoms with E-state index in [9.17, 15) is 14.4 Å². The standard InChI is InChI=1S/C28H33N3O5Si/c1-16(30-12-20-11-19(30)15-35-20)18-7-5-17(6-8-18)14-36-23-4-2-3-21-22(23)13-31(28(21)34)26-24(37)9-10-25(32)29-27(26)33/h2-8,16,19-20,24,26H,9-15H2,1,37H3,(H,29,32,33)/t16?,19?,20?,24?,26-/m0/s1. The van der Waals surface area contributed by atoms with Gasteiger partial charge in [-0.3, -0.25) is 24.6 Å². The minimum Gasteiger partial charge on any atom is -0.489 e. The van der Waals surface area contributed by atoms with Crippen LogP contribution in [0.25, 0.3) is 0 Å². The average molecular weight is 520 g/mol. The van der Waals surface area contributed by atoms with E-state index >= 15 is 0 Å². The zero-order valence-electron chi connectivity index (χ0n) is 21.3. The third-order valence-corrected chi connectivity index (χ3v) is 9.69. The molecule has 0 aromatic heterocycles. The van der Waals surface area contributed by atoms with Gasteiger partial charge in [0.25, 0.3) is 5.91 Å². The van der Waals surface area contributed by atoms with Crippen molar-refractivity contribution in [1.29, 1.82) is 0 Å². The fourth-order valence-corrected chi connectivity index (χ4v) is 7.28. The Morgan fingerprint density at radius 1 is 1.16 bits per heavy atom. The highest BCUT2D eigenvalue weighted by atomic mass is 28.1. The number of hydrogen-bond acceptors (Lipinski definition) is 6. The van der Waals surface area contributed by atoms with Gasteiger partial charge < -0.3 is 14.4 Å². The highest BCUT2D eigenvalue weighted by molar-refractivity contribution is 6.17. The first kappa shape index (κ1) is 24.3. The number of amides is 3. The number of hydrogen-bond donors (Lipinski definition) is 1. The summed E-state index contributed by atoms with van der Waals surface area (Å²) < 4.78 is 11.9. The minimum absolute atomic E-state index is 0.0262. The van der Waals surface area contributed by atoms with Crippen LogP contribution in [-0.4, -0.2) is 69.1 Å². The van der Waals surface area contributed by atoms with E-state index < -0.39 is 6.04 Å². The van der Waals surface area contributed by atoms with Crippen molar-refractivity contribution >= 4 is 28.0 Å². The average Bonchev–Trinajstić information content (AvgIpc) is 3.60. The molecule has 37 heavy (non-hydrogen) atoms. The van der Waals surface area contributed by atoms with Crippen LogP contribution < -0.4 is 10.1 Å². The van der Waals surface area contributed by atoms with Gasteiger partial charge in [-0.15, -0.1) is 0 Å². The van der Waals surface area contributed by atoms with Crippen LogP contribution in [0.4, 0.5) is 0 Å². The first-order valence-electron chi connectivity index (χ1n) is 13.2. The van der Waals surface area contributed by atoms with Crippen molar-refractivity contribution in [2.24, 2.45) is 0 Å². The number of carbonyl (C=O) groups is 3. The molecule has 3 saturated heterocycles. The van der Waals surface area contributed by atoms with Gasteiger partial charge in [0, 0.05) is 46.4 Å². The quantitative estimate of drug-likeness (QED) is 0.462. The molecule has 0 aliphatic carbocycles. The molecule has 4 aliphatic heterocycles. The topological polar surface area (TPSA) is 88.2 Å². The number of likely N-dealkylation sites (tertiary alicyclic amines) is 1. The van der Waals surface area contributed by atoms with Gasteiger partial charge in [0.1, 0.15) is 18.4 Å². The van der Waals surface area contributed by atoms with Crippen LogP contribution in [0, 0.1) is 0 Å². The lowest BCUT2D eigenvalue weighted by atomic mass is 10.0. The summed E-state index contributed by atoms with van der Waals surface area (Å²) in [5.74, 6) is -0.137. The molecule has 0 spiro atoms. The first-order valence-corrected chi connectivity index (χ1v) is 14.4. The number of benzene rings is 2. The van der Waals surface area contributed by atoms with Crippen LogP contribution in [0.15, 0.2) is 42.5 Å². The maximum atomic E-state index is 13.3. The number of fused-ring (bicyclic) bond motifs is 3. The van der Waals surface area contributed by atoms with Crippen molar-refractivity contribution in [3.63, 3.8) is 0 Å². The smallest absolute Gasteiger partial charge is 0.255 e. The van der Waals surface area contributed by atoms with Gasteiger partial charge in [-0.05, 0) is 48.6 Å². The molecule has 194 valence electrons. The van der Waals surface area contributed by atoms with Gasteiger partial charge in [-0.2, -0.15) is 0 Å². The molecule has 4 heterocycles. The molecule has 4 aliphatic rings. The van der Waals surface area contributed by atoms with E-state index in [0.29, 0.717) is 55.5 Å². The van der Waals surface area contributed by atoms with Crippen molar-refractivity contribution in [2.75, 3.05) is 13.2 Å². The molecule has 6 rings (SSSR count). The van der Waals surface area contributed by atoms with Gasteiger partial charge in [0.2, 0.25) is 11.8 Å². The number of carbonyl (C=O) groups excluding carboxylic acids is 3. The molecule has 1 N–H and O–H groups in total. The highest BCUT2D eigenvalue weighted by Gasteiger charge is 2.43. The lowest BCUT2D eigenvalue weighted by Crippen LogP contribution is -2.49. The zero-order valence-corrected chi connectivity index (χ0v) is 23.3. The van der Waals surface area contributed by atoms with Crippen molar-refractivity contribution in [2.45, 2.75) is 69.1 Å². The Balaban J connectivity index is 1.13. The Morgan fingerprint density at radius 2 is 1.97 bits per heavy atom. The van der Waals surface area contributed by atoms with Crippen molar-refractivity contribution in [3.05, 3.63) is 64.7 Å². The third kappa shape index (κ3) is 4.49. The summed E-state index contributed by atoms with van der Waals surface area (Å²) in [5.41, 5.74) is 3.75. The van der Waals surface area contributed by atoms with Gasteiger partial charge in [0.05, 0.1) is 19.3 Å². The van der Waals surface area contributed by atoms with Gasteiger partial charge in [-0.1, -0.05) is 30.3 Å². The normalized spacial score (nSPS) is 28.4. The summed E-state index contributed by atoms with van der Waals surface area (Å²) in [5, 5.41) is 2.46. The summed E-state index contributed by atoms with van der Waals surface area (Å²) in [7, 11) is 0.724. The number of rotatable bonds is 6. The number of imide groups is 1. The van der Waals surface area contributed by atoms with Gasteiger partial charge >= 0.3 is 0 Å². The Morgan fingerprint density at radius 3 is 2.70 bits per heavy atom. The van der Waals surface area contributed by atoms with E-state index in [1.165, 1.54) is 5.56 Å². The second kappa shape index (κ2) is 9.70. The van der Waals surface area contributed by atoms with Crippen LogP contribution in [0.2, 0.25) is 5.54 Å². The summed E-state index contributed by atoms with van der Waals surface area (Å²) >= 11 is 0. The third-order valence-electron chi connectivity index (χ3n) is 8.48. The van der Waals surface area contributed by atoms with Crippen LogP contribution >= 0.6 is 0 Å². The van der Waals surface area contributed by atoms with Crippen molar-refractivity contribution < 1.29 is 23.9 Å². The largest absolute Gasteiger partial charge is 0.489 e. The van der Waals surface area contributed by atoms with Crippen molar-refractivity contribution in [3.8, 4) is 5.75 Å². The van der Waals surface area contributed by atoms with Crippen molar-refractivity contribution in [1.82, 2.24) is 15.1 Å². The van der Waals surface area contributed by atoms with Crippen LogP contribution in [0.5, 0.6) is 5.75 Å². The predicted octanol–water partition coefficient (Wildman–Crippen LogP) is 1.71. The molecule has 0 saturated carbocycles. The number of nitrogens with one attached hydrogen (secondary N) is 1. The lowest BCUT2D eigenvalue weighted by molar-refractivity contribution is -0.132. The summed E-state index contributed by atoms with van der Waals surface area (Å²) in [6, 6.07) is 14.3. The van der Waals surface area contributed by atoms with Gasteiger partial charge in [0.15, 0.2) is 0 Å². The lowest BCUT2D eigenvalue weighted by Gasteiger charge is -2.32. The molecule has 3 amide bonds. The molecule has 2 aromatic rings. The maximum absolute atomic E-state index is 13.3. The van der Waals surface area contributed by atoms with Crippen LogP contribution in [-0.2, 0) is 27.5 Å². The molecule has 4 unspecified atom stereocenters.